The summed E-state index contributed by atoms with van der Waals surface area (Å²) in [4.78, 5) is 28.7. The lowest BCUT2D eigenvalue weighted by Crippen LogP contribution is -2.50. The lowest BCUT2D eigenvalue weighted by atomic mass is 9.94. The molecule has 0 heterocycles. The van der Waals surface area contributed by atoms with Crippen LogP contribution in [0.5, 0.6) is 0 Å². The highest BCUT2D eigenvalue weighted by atomic mass is 28.4. The first-order chi connectivity index (χ1) is 32.7. The molecular weight excluding hydrogens is 889 g/mol. The molecule has 8 nitrogen and oxygen atoms in total. The number of nitrogens with one attached hydrogen (secondary N) is 1. The summed E-state index contributed by atoms with van der Waals surface area (Å²) in [5.41, 5.74) is 0. The Kier molecular flexibility index (Phi) is 41.1. The third kappa shape index (κ3) is 36.7. The van der Waals surface area contributed by atoms with Crippen molar-refractivity contribution in [2.75, 3.05) is 46.4 Å². The summed E-state index contributed by atoms with van der Waals surface area (Å²) < 4.78 is 26.4. The van der Waals surface area contributed by atoms with Gasteiger partial charge in [-0.1, -0.05) is 191 Å². The third-order valence-corrected chi connectivity index (χ3v) is 24.7. The van der Waals surface area contributed by atoms with E-state index in [0.29, 0.717) is 19.6 Å². The number of carbonyl (C=O) groups excluding carboxylic acids is 2. The number of carbonyl (C=O) groups is 2. The lowest BCUT2D eigenvalue weighted by molar-refractivity contribution is -0.149. The van der Waals surface area contributed by atoms with E-state index in [-0.39, 0.29) is 40.1 Å². The summed E-state index contributed by atoms with van der Waals surface area (Å²) in [7, 11) is -2.07. The smallest absolute Gasteiger partial charge is 0.308 e. The van der Waals surface area contributed by atoms with Crippen LogP contribution in [0.1, 0.15) is 268 Å². The van der Waals surface area contributed by atoms with Crippen LogP contribution in [-0.4, -0.2) is 92.1 Å². The summed E-state index contributed by atoms with van der Waals surface area (Å²) in [6, 6.07) is 0. The van der Waals surface area contributed by atoms with Gasteiger partial charge in [-0.2, -0.15) is 0 Å². The van der Waals surface area contributed by atoms with Crippen LogP contribution in [0.25, 0.3) is 0 Å². The average molecular weight is 1010 g/mol. The molecule has 0 aromatic heterocycles. The van der Waals surface area contributed by atoms with E-state index in [9.17, 15) is 9.59 Å². The van der Waals surface area contributed by atoms with E-state index in [1.54, 1.807) is 0 Å². The zero-order valence-electron chi connectivity index (χ0n) is 49.0. The van der Waals surface area contributed by atoms with Crippen LogP contribution in [0.2, 0.25) is 36.3 Å². The van der Waals surface area contributed by atoms with Gasteiger partial charge in [0.1, 0.15) is 0 Å². The van der Waals surface area contributed by atoms with Crippen molar-refractivity contribution in [1.29, 1.82) is 0 Å². The molecule has 2 unspecified atom stereocenters. The highest BCUT2D eigenvalue weighted by molar-refractivity contribution is 6.74. The Balaban J connectivity index is 5.77. The second-order valence-corrected chi connectivity index (χ2v) is 33.9. The van der Waals surface area contributed by atoms with Crippen LogP contribution in [0.4, 0.5) is 0 Å². The molecule has 0 fully saturated rings. The third-order valence-electron chi connectivity index (χ3n) is 15.6. The van der Waals surface area contributed by atoms with E-state index in [1.807, 2.05) is 7.05 Å². The summed E-state index contributed by atoms with van der Waals surface area (Å²) in [5.74, 6) is 0.0673. The molecule has 69 heavy (non-hydrogen) atoms. The van der Waals surface area contributed by atoms with Crippen molar-refractivity contribution >= 4 is 28.6 Å². The zero-order chi connectivity index (χ0) is 51.9. The van der Waals surface area contributed by atoms with Gasteiger partial charge in [0.05, 0.1) is 31.3 Å². The molecule has 0 saturated heterocycles. The van der Waals surface area contributed by atoms with Gasteiger partial charge in [-0.25, -0.2) is 0 Å². The topological polar surface area (TPSA) is 86.3 Å². The minimum absolute atomic E-state index is 0.0390. The van der Waals surface area contributed by atoms with Gasteiger partial charge < -0.3 is 23.6 Å². The highest BCUT2D eigenvalue weighted by Gasteiger charge is 2.41. The number of hydrogen-bond donors (Lipinski definition) is 1. The molecule has 0 aromatic rings. The molecule has 0 amide bonds. The van der Waals surface area contributed by atoms with E-state index >= 15 is 0 Å². The Labute approximate surface area is 433 Å². The second-order valence-electron chi connectivity index (χ2n) is 24.3. The molecule has 0 aliphatic carbocycles. The summed E-state index contributed by atoms with van der Waals surface area (Å²) >= 11 is 0. The minimum atomic E-state index is -2.06. The Hall–Kier alpha value is -0.786. The van der Waals surface area contributed by atoms with Gasteiger partial charge in [-0.05, 0) is 127 Å². The normalized spacial score (nSPS) is 13.7. The van der Waals surface area contributed by atoms with Crippen molar-refractivity contribution in [2.24, 2.45) is 5.92 Å². The van der Waals surface area contributed by atoms with E-state index in [2.05, 4.69) is 98.7 Å². The predicted octanol–water partition coefficient (Wildman–Crippen LogP) is 17.5. The molecule has 1 N–H and O–H groups in total. The molecule has 0 spiro atoms. The van der Waals surface area contributed by atoms with Gasteiger partial charge >= 0.3 is 11.9 Å². The standard InChI is InChI=1S/C59H122N2O6Si2/c1-15-18-21-24-27-28-31-36-46-56(62)64-49-41-37-45-55(67-69(13,14)59(7,8)9)52-61(48-39-38-47-60-10)51-54(66-68(11,12)58(4,5)6)44-35-32-40-50-65-57(63)53(42-33-29-25-22-19-16-2)43-34-30-26-23-20-17-3/h53-55,60H,15-52H2,1-14H3. The SMILES string of the molecule is CCCCCCCCCCC(=O)OCCCCC(CN(CCCCNC)CC(CCCCCOC(=O)C(CCCCCCCC)CCCCCCCC)O[Si](C)(C)C(C)(C)C)O[Si](C)(C)C(C)(C)C. The maximum atomic E-state index is 13.5. The van der Waals surface area contributed by atoms with E-state index < -0.39 is 16.6 Å². The van der Waals surface area contributed by atoms with Crippen molar-refractivity contribution < 1.29 is 27.9 Å². The average Bonchev–Trinajstić information content (AvgIpc) is 3.27. The molecule has 0 bridgehead atoms. The summed E-state index contributed by atoms with van der Waals surface area (Å²) in [6.45, 7) is 35.3. The molecule has 0 aliphatic rings. The molecule has 0 aromatic carbocycles. The van der Waals surface area contributed by atoms with Gasteiger partial charge in [0.25, 0.3) is 0 Å². The molecular formula is C59H122N2O6Si2. The first-order valence-electron chi connectivity index (χ1n) is 29.8. The van der Waals surface area contributed by atoms with Crippen LogP contribution < -0.4 is 5.32 Å². The minimum Gasteiger partial charge on any atom is -0.466 e. The van der Waals surface area contributed by atoms with Crippen molar-refractivity contribution in [1.82, 2.24) is 10.2 Å². The fourth-order valence-corrected chi connectivity index (χ4v) is 11.6. The largest absolute Gasteiger partial charge is 0.466 e. The second kappa shape index (κ2) is 41.6. The van der Waals surface area contributed by atoms with Gasteiger partial charge in [0.2, 0.25) is 0 Å². The van der Waals surface area contributed by atoms with Gasteiger partial charge in [0.15, 0.2) is 16.6 Å². The van der Waals surface area contributed by atoms with Crippen LogP contribution in [0.3, 0.4) is 0 Å². The van der Waals surface area contributed by atoms with Gasteiger partial charge in [-0.3, -0.25) is 14.5 Å². The number of unbranched alkanes of at least 4 members (excludes halogenated alkanes) is 21. The van der Waals surface area contributed by atoms with Gasteiger partial charge in [0, 0.05) is 19.5 Å². The van der Waals surface area contributed by atoms with Crippen molar-refractivity contribution in [3.63, 3.8) is 0 Å². The van der Waals surface area contributed by atoms with Gasteiger partial charge in [-0.15, -0.1) is 0 Å². The lowest BCUT2D eigenvalue weighted by Gasteiger charge is -2.42. The van der Waals surface area contributed by atoms with E-state index in [1.165, 1.54) is 103 Å². The summed E-state index contributed by atoms with van der Waals surface area (Å²) in [6.07, 6.45) is 36.7. The van der Waals surface area contributed by atoms with Crippen LogP contribution >= 0.6 is 0 Å². The maximum absolute atomic E-state index is 13.5. The Morgan fingerprint density at radius 3 is 1.30 bits per heavy atom. The Bertz CT molecular complexity index is 1190. The number of rotatable bonds is 48. The van der Waals surface area contributed by atoms with Crippen molar-refractivity contribution in [3.8, 4) is 0 Å². The quantitative estimate of drug-likeness (QED) is 0.0367. The predicted molar refractivity (Wildman–Crippen MR) is 305 cm³/mol. The molecule has 10 heteroatoms. The maximum Gasteiger partial charge on any atom is 0.308 e. The molecule has 0 saturated carbocycles. The van der Waals surface area contributed by atoms with E-state index in [4.69, 9.17) is 18.3 Å². The van der Waals surface area contributed by atoms with E-state index in [0.717, 1.165) is 122 Å². The van der Waals surface area contributed by atoms with Crippen LogP contribution in [0.15, 0.2) is 0 Å². The molecule has 0 aliphatic heterocycles. The first-order valence-corrected chi connectivity index (χ1v) is 35.6. The highest BCUT2D eigenvalue weighted by Crippen LogP contribution is 2.39. The fourth-order valence-electron chi connectivity index (χ4n) is 8.83. The number of nitrogens with zero attached hydrogens (tertiary/aromatic N) is 1. The Morgan fingerprint density at radius 1 is 0.478 bits per heavy atom. The number of hydrogen-bond acceptors (Lipinski definition) is 8. The summed E-state index contributed by atoms with van der Waals surface area (Å²) in [5, 5.41) is 3.58. The monoisotopic (exact) mass is 1010 g/mol. The Morgan fingerprint density at radius 2 is 0.855 bits per heavy atom. The fraction of sp³-hybridized carbons (Fsp3) is 0.966. The zero-order valence-corrected chi connectivity index (χ0v) is 51.0. The number of esters is 2. The molecule has 412 valence electrons. The van der Waals surface area contributed by atoms with Crippen molar-refractivity contribution in [3.05, 3.63) is 0 Å². The molecule has 0 rings (SSSR count). The van der Waals surface area contributed by atoms with Crippen LogP contribution in [0, 0.1) is 5.92 Å². The molecule has 2 atom stereocenters. The van der Waals surface area contributed by atoms with Crippen molar-refractivity contribution in [2.45, 2.75) is 316 Å². The first kappa shape index (κ1) is 68.2. The molecule has 0 radical (unpaired) electrons. The number of ether oxygens (including phenoxy) is 2. The van der Waals surface area contributed by atoms with Crippen LogP contribution in [-0.2, 0) is 27.9 Å².